The van der Waals surface area contributed by atoms with Crippen LogP contribution in [0.25, 0.3) is 10.8 Å². The van der Waals surface area contributed by atoms with Crippen molar-refractivity contribution in [3.8, 4) is 0 Å². The lowest BCUT2D eigenvalue weighted by atomic mass is 9.86. The second kappa shape index (κ2) is 6.19. The number of aliphatic hydroxyl groups excluding tert-OH is 1. The van der Waals surface area contributed by atoms with Crippen LogP contribution in [0.4, 0.5) is 0 Å². The molecule has 1 N–H and O–H groups in total. The van der Waals surface area contributed by atoms with Crippen molar-refractivity contribution in [3.05, 3.63) is 48.0 Å². The third-order valence-corrected chi connectivity index (χ3v) is 5.46. The molecule has 4 rings (SSSR count). The first-order valence-electron chi connectivity index (χ1n) is 8.74. The van der Waals surface area contributed by atoms with Crippen molar-refractivity contribution in [1.82, 2.24) is 4.90 Å². The van der Waals surface area contributed by atoms with Crippen LogP contribution in [0, 0.1) is 0 Å². The van der Waals surface area contributed by atoms with Crippen LogP contribution in [0.3, 0.4) is 0 Å². The first-order valence-corrected chi connectivity index (χ1v) is 8.74. The number of nitrogens with zero attached hydrogens (tertiary/aromatic N) is 1. The molecule has 4 heteroatoms. The number of amides is 1. The van der Waals surface area contributed by atoms with E-state index in [-0.39, 0.29) is 5.91 Å². The molecule has 24 heavy (non-hydrogen) atoms. The Labute approximate surface area is 142 Å². The summed E-state index contributed by atoms with van der Waals surface area (Å²) in [5.74, 6) is 0.0807. The van der Waals surface area contributed by atoms with Crippen LogP contribution in [0.5, 0.6) is 0 Å². The molecular weight excluding hydrogens is 302 g/mol. The van der Waals surface area contributed by atoms with Crippen molar-refractivity contribution in [3.63, 3.8) is 0 Å². The van der Waals surface area contributed by atoms with E-state index < -0.39 is 11.7 Å². The molecule has 2 aromatic rings. The largest absolute Gasteiger partial charge is 0.388 e. The molecule has 0 aromatic heterocycles. The number of hydrogen-bond donors (Lipinski definition) is 1. The molecule has 0 saturated carbocycles. The molecule has 2 aromatic carbocycles. The normalized spacial score (nSPS) is 27.0. The fourth-order valence-corrected chi connectivity index (χ4v) is 4.00. The van der Waals surface area contributed by atoms with Crippen LogP contribution in [-0.2, 0) is 16.0 Å². The van der Waals surface area contributed by atoms with Crippen LogP contribution >= 0.6 is 0 Å². The van der Waals surface area contributed by atoms with Gasteiger partial charge in [-0.05, 0) is 35.6 Å². The maximum Gasteiger partial charge on any atom is 0.227 e. The van der Waals surface area contributed by atoms with E-state index in [0.717, 1.165) is 36.8 Å². The summed E-state index contributed by atoms with van der Waals surface area (Å²) >= 11 is 0. The molecule has 2 atom stereocenters. The average Bonchev–Trinajstić information content (AvgIpc) is 3.07. The number of fused-ring (bicyclic) bond motifs is 1. The number of benzene rings is 2. The predicted octanol–water partition coefficient (Wildman–Crippen LogP) is 2.52. The van der Waals surface area contributed by atoms with Crippen LogP contribution in [-0.4, -0.2) is 47.3 Å². The van der Waals surface area contributed by atoms with Crippen LogP contribution in [0.15, 0.2) is 42.5 Å². The number of carbonyl (C=O) groups excluding carboxylic acids is 1. The average molecular weight is 325 g/mol. The molecule has 2 aliphatic heterocycles. The molecular formula is C20H23NO3. The topological polar surface area (TPSA) is 49.8 Å². The summed E-state index contributed by atoms with van der Waals surface area (Å²) in [6.07, 6.45) is 2.45. The minimum Gasteiger partial charge on any atom is -0.388 e. The van der Waals surface area contributed by atoms with Crippen molar-refractivity contribution >= 4 is 16.7 Å². The summed E-state index contributed by atoms with van der Waals surface area (Å²) in [4.78, 5) is 14.4. The number of piperidine rings is 1. The standard InChI is InChI=1S/C20H23NO3/c22-18-14-21(10-9-20(18)8-3-11-24-20)19(23)13-15-6-7-16-4-1-2-5-17(16)12-15/h1-2,4-7,12,18,22H,3,8-11,13-14H2/t18-,20-/m0/s1. The van der Waals surface area contributed by atoms with Crippen LogP contribution < -0.4 is 0 Å². The van der Waals surface area contributed by atoms with E-state index >= 15 is 0 Å². The zero-order chi connectivity index (χ0) is 16.6. The Morgan fingerprint density at radius 2 is 2.04 bits per heavy atom. The Morgan fingerprint density at radius 1 is 1.21 bits per heavy atom. The second-order valence-electron chi connectivity index (χ2n) is 6.98. The van der Waals surface area contributed by atoms with Gasteiger partial charge in [-0.1, -0.05) is 42.5 Å². The van der Waals surface area contributed by atoms with Gasteiger partial charge in [0, 0.05) is 19.7 Å². The highest BCUT2D eigenvalue weighted by Gasteiger charge is 2.46. The number of carbonyl (C=O) groups is 1. The maximum absolute atomic E-state index is 12.6. The highest BCUT2D eigenvalue weighted by Crippen LogP contribution is 2.36. The third kappa shape index (κ3) is 2.80. The van der Waals surface area contributed by atoms with Gasteiger partial charge in [0.2, 0.25) is 5.91 Å². The van der Waals surface area contributed by atoms with Gasteiger partial charge in [0.1, 0.15) is 6.10 Å². The fraction of sp³-hybridized carbons (Fsp3) is 0.450. The molecule has 0 unspecified atom stereocenters. The van der Waals surface area contributed by atoms with E-state index in [9.17, 15) is 9.90 Å². The van der Waals surface area contributed by atoms with E-state index in [1.165, 1.54) is 5.39 Å². The van der Waals surface area contributed by atoms with Crippen molar-refractivity contribution in [2.45, 2.75) is 37.4 Å². The number of likely N-dealkylation sites (tertiary alicyclic amines) is 1. The van der Waals surface area contributed by atoms with Gasteiger partial charge in [0.15, 0.2) is 0 Å². The van der Waals surface area contributed by atoms with Gasteiger partial charge in [-0.2, -0.15) is 0 Å². The number of β-amino-alcohol motifs (C(OH)–C–C–N with tert-alkyl or cyclic N) is 1. The maximum atomic E-state index is 12.6. The van der Waals surface area contributed by atoms with Crippen molar-refractivity contribution in [2.24, 2.45) is 0 Å². The van der Waals surface area contributed by atoms with E-state index in [1.54, 1.807) is 4.90 Å². The molecule has 0 aliphatic carbocycles. The van der Waals surface area contributed by atoms with E-state index in [2.05, 4.69) is 24.3 Å². The van der Waals surface area contributed by atoms with Gasteiger partial charge in [0.05, 0.1) is 12.0 Å². The smallest absolute Gasteiger partial charge is 0.227 e. The van der Waals surface area contributed by atoms with Gasteiger partial charge >= 0.3 is 0 Å². The zero-order valence-electron chi connectivity index (χ0n) is 13.8. The Bertz CT molecular complexity index is 751. The van der Waals surface area contributed by atoms with Crippen LogP contribution in [0.1, 0.15) is 24.8 Å². The molecule has 2 fully saturated rings. The molecule has 2 heterocycles. The van der Waals surface area contributed by atoms with E-state index in [1.807, 2.05) is 18.2 Å². The molecule has 0 bridgehead atoms. The number of hydrogen-bond acceptors (Lipinski definition) is 3. The minimum atomic E-state index is -0.575. The third-order valence-electron chi connectivity index (χ3n) is 5.46. The Morgan fingerprint density at radius 3 is 2.79 bits per heavy atom. The van der Waals surface area contributed by atoms with Crippen LogP contribution in [0.2, 0.25) is 0 Å². The second-order valence-corrected chi connectivity index (χ2v) is 6.98. The van der Waals surface area contributed by atoms with Crippen molar-refractivity contribution < 1.29 is 14.6 Å². The molecule has 1 amide bonds. The summed E-state index contributed by atoms with van der Waals surface area (Å²) in [7, 11) is 0. The monoisotopic (exact) mass is 325 g/mol. The Hall–Kier alpha value is -1.91. The first-order chi connectivity index (χ1) is 11.7. The van der Waals surface area contributed by atoms with Crippen molar-refractivity contribution in [2.75, 3.05) is 19.7 Å². The zero-order valence-corrected chi connectivity index (χ0v) is 13.8. The molecule has 2 aliphatic rings. The first kappa shape index (κ1) is 15.6. The van der Waals surface area contributed by atoms with Gasteiger partial charge in [-0.3, -0.25) is 4.79 Å². The number of ether oxygens (including phenoxy) is 1. The Balaban J connectivity index is 1.44. The molecule has 2 saturated heterocycles. The highest BCUT2D eigenvalue weighted by atomic mass is 16.5. The van der Waals surface area contributed by atoms with E-state index in [0.29, 0.717) is 19.5 Å². The van der Waals surface area contributed by atoms with Gasteiger partial charge in [-0.25, -0.2) is 0 Å². The van der Waals surface area contributed by atoms with Crippen molar-refractivity contribution in [1.29, 1.82) is 0 Å². The molecule has 126 valence electrons. The lowest BCUT2D eigenvalue weighted by Crippen LogP contribution is -2.56. The predicted molar refractivity (Wildman–Crippen MR) is 92.8 cm³/mol. The van der Waals surface area contributed by atoms with Gasteiger partial charge in [-0.15, -0.1) is 0 Å². The lowest BCUT2D eigenvalue weighted by Gasteiger charge is -2.42. The van der Waals surface area contributed by atoms with E-state index in [4.69, 9.17) is 4.74 Å². The summed E-state index contributed by atoms with van der Waals surface area (Å²) in [6, 6.07) is 14.3. The quantitative estimate of drug-likeness (QED) is 0.923. The highest BCUT2D eigenvalue weighted by molar-refractivity contribution is 5.85. The SMILES string of the molecule is O=C(Cc1ccc2ccccc2c1)N1CC[C@@]2(CCCO2)[C@@H](O)C1. The van der Waals surface area contributed by atoms with Gasteiger partial charge < -0.3 is 14.7 Å². The molecule has 4 nitrogen and oxygen atoms in total. The Kier molecular flexibility index (Phi) is 4.02. The summed E-state index contributed by atoms with van der Waals surface area (Å²) < 4.78 is 5.80. The van der Waals surface area contributed by atoms with Gasteiger partial charge in [0.25, 0.3) is 0 Å². The number of aliphatic hydroxyl groups is 1. The lowest BCUT2D eigenvalue weighted by molar-refractivity contribution is -0.151. The summed E-state index contributed by atoms with van der Waals surface area (Å²) in [5, 5.41) is 12.8. The summed E-state index contributed by atoms with van der Waals surface area (Å²) in [6.45, 7) is 1.78. The molecule has 0 radical (unpaired) electrons. The fourth-order valence-electron chi connectivity index (χ4n) is 4.00. The molecule has 1 spiro atoms. The minimum absolute atomic E-state index is 0.0807. The summed E-state index contributed by atoms with van der Waals surface area (Å²) in [5.41, 5.74) is 0.616. The number of rotatable bonds is 2.